The van der Waals surface area contributed by atoms with Crippen LogP contribution >= 0.6 is 11.6 Å². The van der Waals surface area contributed by atoms with Crippen LogP contribution in [0.5, 0.6) is 0 Å². The van der Waals surface area contributed by atoms with Gasteiger partial charge < -0.3 is 4.74 Å². The monoisotopic (exact) mass is 237 g/mol. The quantitative estimate of drug-likeness (QED) is 0.459. The van der Waals surface area contributed by atoms with E-state index in [-0.39, 0.29) is 0 Å². The van der Waals surface area contributed by atoms with Gasteiger partial charge in [-0.3, -0.25) is 14.9 Å². The van der Waals surface area contributed by atoms with Gasteiger partial charge in [-0.05, 0) is 18.2 Å². The maximum absolute atomic E-state index is 11.5. The Morgan fingerprint density at radius 2 is 2.00 bits per heavy atom. The first-order chi connectivity index (χ1) is 7.63. The molecule has 0 atom stereocenters. The van der Waals surface area contributed by atoms with Crippen LogP contribution in [0.1, 0.15) is 15.9 Å². The van der Waals surface area contributed by atoms with Crippen LogP contribution in [0.3, 0.4) is 0 Å². The molecule has 0 unspecified atom stereocenters. The van der Waals surface area contributed by atoms with Gasteiger partial charge in [0, 0.05) is 16.1 Å². The summed E-state index contributed by atoms with van der Waals surface area (Å²) < 4.78 is 4.81. The number of nitrogens with one attached hydrogen (secondary N) is 1. The predicted octanol–water partition coefficient (Wildman–Crippen LogP) is 1.60. The summed E-state index contributed by atoms with van der Waals surface area (Å²) in [5.74, 6) is -0.911. The number of rotatable bonds is 1. The first kappa shape index (κ1) is 10.7. The van der Waals surface area contributed by atoms with Crippen molar-refractivity contribution in [2.24, 2.45) is 0 Å². The van der Waals surface area contributed by atoms with Gasteiger partial charge in [0.2, 0.25) is 0 Å². The van der Waals surface area contributed by atoms with Gasteiger partial charge in [-0.2, -0.15) is 0 Å². The van der Waals surface area contributed by atoms with Crippen molar-refractivity contribution < 1.29 is 14.3 Å². The molecular formula is C11H8ClNO3. The van der Waals surface area contributed by atoms with E-state index in [0.29, 0.717) is 21.7 Å². The molecule has 0 spiro atoms. The molecule has 1 aliphatic rings. The first-order valence-corrected chi connectivity index (χ1v) is 4.90. The van der Waals surface area contributed by atoms with Crippen molar-refractivity contribution in [3.8, 4) is 0 Å². The predicted molar refractivity (Wildman–Crippen MR) is 58.9 cm³/mol. The lowest BCUT2D eigenvalue weighted by molar-refractivity contribution is -0.114. The Morgan fingerprint density at radius 3 is 2.69 bits per heavy atom. The molecule has 1 heterocycles. The number of amides is 2. The third-order valence-corrected chi connectivity index (χ3v) is 2.46. The molecule has 5 heteroatoms. The van der Waals surface area contributed by atoms with E-state index in [1.807, 2.05) is 0 Å². The van der Waals surface area contributed by atoms with Gasteiger partial charge in [0.05, 0.1) is 18.9 Å². The maximum Gasteiger partial charge on any atom is 0.261 e. The van der Waals surface area contributed by atoms with Crippen molar-refractivity contribution in [2.75, 3.05) is 7.11 Å². The van der Waals surface area contributed by atoms with Crippen LogP contribution in [0.15, 0.2) is 24.5 Å². The lowest BCUT2D eigenvalue weighted by Gasteiger charge is -2.17. The van der Waals surface area contributed by atoms with Crippen molar-refractivity contribution in [1.82, 2.24) is 5.32 Å². The standard InChI is InChI=1S/C11H8ClNO3/c1-16-5-9-8-4-6(12)2-3-7(8)10(14)13-11(9)15/h2-5H,1H3,(H,13,14,15)/b9-5-. The van der Waals surface area contributed by atoms with Crippen LogP contribution in [-0.2, 0) is 9.53 Å². The SMILES string of the molecule is CO/C=C1\C(=O)NC(=O)c2ccc(Cl)cc21. The number of carbonyl (C=O) groups is 2. The Labute approximate surface area is 96.9 Å². The second-order valence-corrected chi connectivity index (χ2v) is 3.68. The van der Waals surface area contributed by atoms with E-state index in [0.717, 1.165) is 0 Å². The summed E-state index contributed by atoms with van der Waals surface area (Å²) >= 11 is 5.83. The molecule has 0 saturated heterocycles. The average molecular weight is 238 g/mol. The highest BCUT2D eigenvalue weighted by molar-refractivity contribution is 6.34. The van der Waals surface area contributed by atoms with E-state index in [9.17, 15) is 9.59 Å². The first-order valence-electron chi connectivity index (χ1n) is 4.52. The van der Waals surface area contributed by atoms with Crippen LogP contribution in [0, 0.1) is 0 Å². The summed E-state index contributed by atoms with van der Waals surface area (Å²) in [6, 6.07) is 4.74. The number of hydrogen-bond donors (Lipinski definition) is 1. The minimum Gasteiger partial charge on any atom is -0.504 e. The number of carbonyl (C=O) groups excluding carboxylic acids is 2. The van der Waals surface area contributed by atoms with Gasteiger partial charge >= 0.3 is 0 Å². The van der Waals surface area contributed by atoms with E-state index in [1.54, 1.807) is 18.2 Å². The van der Waals surface area contributed by atoms with Gasteiger partial charge in [-0.25, -0.2) is 0 Å². The highest BCUT2D eigenvalue weighted by Crippen LogP contribution is 2.26. The van der Waals surface area contributed by atoms with Gasteiger partial charge in [0.15, 0.2) is 0 Å². The summed E-state index contributed by atoms with van der Waals surface area (Å²) in [5.41, 5.74) is 1.19. The number of methoxy groups -OCH3 is 1. The number of hydrogen-bond acceptors (Lipinski definition) is 3. The molecule has 82 valence electrons. The fraction of sp³-hybridized carbons (Fsp3) is 0.0909. The molecule has 1 aromatic carbocycles. The van der Waals surface area contributed by atoms with Crippen molar-refractivity contribution in [1.29, 1.82) is 0 Å². The molecule has 0 saturated carbocycles. The van der Waals surface area contributed by atoms with Gasteiger partial charge in [0.25, 0.3) is 11.8 Å². The highest BCUT2D eigenvalue weighted by atomic mass is 35.5. The number of benzene rings is 1. The lowest BCUT2D eigenvalue weighted by atomic mass is 9.96. The van der Waals surface area contributed by atoms with Gasteiger partial charge in [-0.1, -0.05) is 11.6 Å². The third-order valence-electron chi connectivity index (χ3n) is 2.22. The number of ether oxygens (including phenoxy) is 1. The van der Waals surface area contributed by atoms with Crippen LogP contribution in [0.2, 0.25) is 5.02 Å². The zero-order valence-electron chi connectivity index (χ0n) is 8.41. The molecule has 2 rings (SSSR count). The Morgan fingerprint density at radius 1 is 1.25 bits per heavy atom. The topological polar surface area (TPSA) is 55.4 Å². The summed E-state index contributed by atoms with van der Waals surface area (Å²) in [4.78, 5) is 23.1. The number of halogens is 1. The minimum absolute atomic E-state index is 0.291. The molecule has 16 heavy (non-hydrogen) atoms. The minimum atomic E-state index is -0.485. The van der Waals surface area contributed by atoms with E-state index in [4.69, 9.17) is 16.3 Å². The van der Waals surface area contributed by atoms with Crippen molar-refractivity contribution in [3.05, 3.63) is 40.6 Å². The van der Waals surface area contributed by atoms with Crippen LogP contribution < -0.4 is 5.32 Å². The van der Waals surface area contributed by atoms with E-state index in [2.05, 4.69) is 5.32 Å². The van der Waals surface area contributed by atoms with Gasteiger partial charge in [0.1, 0.15) is 0 Å². The van der Waals surface area contributed by atoms with E-state index >= 15 is 0 Å². The molecule has 4 nitrogen and oxygen atoms in total. The zero-order chi connectivity index (χ0) is 11.7. The normalized spacial score (nSPS) is 17.0. The molecule has 0 bridgehead atoms. The van der Waals surface area contributed by atoms with E-state index < -0.39 is 11.8 Å². The second kappa shape index (κ2) is 3.98. The molecule has 1 aromatic rings. The average Bonchev–Trinajstić information content (AvgIpc) is 2.23. The zero-order valence-corrected chi connectivity index (χ0v) is 9.17. The molecule has 1 N–H and O–H groups in total. The summed E-state index contributed by atoms with van der Waals surface area (Å²) in [6.07, 6.45) is 1.29. The summed E-state index contributed by atoms with van der Waals surface area (Å²) in [6.45, 7) is 0. The third kappa shape index (κ3) is 1.67. The van der Waals surface area contributed by atoms with Crippen LogP contribution in [-0.4, -0.2) is 18.9 Å². The number of fused-ring (bicyclic) bond motifs is 1. The smallest absolute Gasteiger partial charge is 0.261 e. The summed E-state index contributed by atoms with van der Waals surface area (Å²) in [7, 11) is 1.43. The molecule has 0 aliphatic carbocycles. The molecule has 1 aliphatic heterocycles. The van der Waals surface area contributed by atoms with Crippen molar-refractivity contribution >= 4 is 29.0 Å². The maximum atomic E-state index is 11.5. The molecule has 0 radical (unpaired) electrons. The highest BCUT2D eigenvalue weighted by Gasteiger charge is 2.27. The molecule has 0 aromatic heterocycles. The molecule has 0 fully saturated rings. The van der Waals surface area contributed by atoms with Crippen LogP contribution in [0.4, 0.5) is 0 Å². The second-order valence-electron chi connectivity index (χ2n) is 3.24. The van der Waals surface area contributed by atoms with Crippen molar-refractivity contribution in [2.45, 2.75) is 0 Å². The summed E-state index contributed by atoms with van der Waals surface area (Å²) in [5, 5.41) is 2.68. The molecule has 2 amide bonds. The molecular weight excluding hydrogens is 230 g/mol. The Hall–Kier alpha value is -1.81. The fourth-order valence-electron chi connectivity index (χ4n) is 1.53. The Balaban J connectivity index is 2.65. The Bertz CT molecular complexity index is 508. The number of imide groups is 1. The Kier molecular flexibility index (Phi) is 2.66. The van der Waals surface area contributed by atoms with Crippen molar-refractivity contribution in [3.63, 3.8) is 0 Å². The van der Waals surface area contributed by atoms with E-state index in [1.165, 1.54) is 13.4 Å². The van der Waals surface area contributed by atoms with Gasteiger partial charge in [-0.15, -0.1) is 0 Å². The lowest BCUT2D eigenvalue weighted by Crippen LogP contribution is -2.36. The fourth-order valence-corrected chi connectivity index (χ4v) is 1.70. The van der Waals surface area contributed by atoms with Crippen LogP contribution in [0.25, 0.3) is 5.57 Å². The largest absolute Gasteiger partial charge is 0.504 e.